The summed E-state index contributed by atoms with van der Waals surface area (Å²) in [6.07, 6.45) is 8.72. The van der Waals surface area contributed by atoms with Crippen molar-refractivity contribution in [3.8, 4) is 0 Å². The molecule has 72 valence electrons. The van der Waals surface area contributed by atoms with Gasteiger partial charge < -0.3 is 0 Å². The molecule has 1 aliphatic carbocycles. The van der Waals surface area contributed by atoms with Crippen LogP contribution in [0.2, 0.25) is 0 Å². The van der Waals surface area contributed by atoms with Crippen LogP contribution in [0.5, 0.6) is 0 Å². The molecule has 0 spiro atoms. The Bertz CT molecular complexity index is 117. The van der Waals surface area contributed by atoms with E-state index in [0.717, 1.165) is 17.8 Å². The van der Waals surface area contributed by atoms with Crippen LogP contribution in [0.3, 0.4) is 0 Å². The molecule has 0 nitrogen and oxygen atoms in total. The molecule has 0 amide bonds. The van der Waals surface area contributed by atoms with E-state index in [2.05, 4.69) is 20.8 Å². The number of rotatable bonds is 5. The topological polar surface area (TPSA) is 0 Å². The highest BCUT2D eigenvalue weighted by Gasteiger charge is 2.35. The fourth-order valence-corrected chi connectivity index (χ4v) is 2.61. The summed E-state index contributed by atoms with van der Waals surface area (Å²) >= 11 is 0. The first-order valence-corrected chi connectivity index (χ1v) is 5.79. The third kappa shape index (κ3) is 2.24. The van der Waals surface area contributed by atoms with Gasteiger partial charge in [-0.1, -0.05) is 52.9 Å². The normalized spacial score (nSPS) is 34.8. The number of hydrogen-bond acceptors (Lipinski definition) is 0. The van der Waals surface area contributed by atoms with Crippen LogP contribution in [0.15, 0.2) is 0 Å². The van der Waals surface area contributed by atoms with Crippen LogP contribution < -0.4 is 0 Å². The van der Waals surface area contributed by atoms with E-state index < -0.39 is 0 Å². The highest BCUT2D eigenvalue weighted by atomic mass is 14.4. The van der Waals surface area contributed by atoms with E-state index in [0.29, 0.717) is 0 Å². The monoisotopic (exact) mass is 168 g/mol. The average molecular weight is 168 g/mol. The van der Waals surface area contributed by atoms with E-state index in [4.69, 9.17) is 0 Å². The Morgan fingerprint density at radius 3 is 2.17 bits per heavy atom. The van der Waals surface area contributed by atoms with E-state index in [1.54, 1.807) is 0 Å². The quantitative estimate of drug-likeness (QED) is 0.575. The Balaban J connectivity index is 2.10. The highest BCUT2D eigenvalue weighted by Crippen LogP contribution is 2.45. The van der Waals surface area contributed by atoms with Gasteiger partial charge in [0.05, 0.1) is 0 Å². The lowest BCUT2D eigenvalue weighted by Crippen LogP contribution is -2.34. The molecule has 0 saturated heterocycles. The molecular formula is C12H24. The second-order valence-corrected chi connectivity index (χ2v) is 4.55. The molecule has 0 aromatic heterocycles. The predicted molar refractivity (Wildman–Crippen MR) is 55.2 cm³/mol. The van der Waals surface area contributed by atoms with Crippen molar-refractivity contribution < 1.29 is 0 Å². The molecule has 0 aliphatic heterocycles. The first-order valence-electron chi connectivity index (χ1n) is 5.79. The van der Waals surface area contributed by atoms with Crippen molar-refractivity contribution in [2.75, 3.05) is 0 Å². The van der Waals surface area contributed by atoms with Gasteiger partial charge in [0.1, 0.15) is 0 Å². The van der Waals surface area contributed by atoms with Crippen LogP contribution >= 0.6 is 0 Å². The fourth-order valence-electron chi connectivity index (χ4n) is 2.61. The number of hydrogen-bond donors (Lipinski definition) is 0. The van der Waals surface area contributed by atoms with Gasteiger partial charge in [-0.05, 0) is 24.2 Å². The van der Waals surface area contributed by atoms with Gasteiger partial charge in [0, 0.05) is 0 Å². The molecule has 1 saturated carbocycles. The molecule has 0 aromatic carbocycles. The second kappa shape index (κ2) is 4.89. The summed E-state index contributed by atoms with van der Waals surface area (Å²) in [7, 11) is 0. The minimum absolute atomic E-state index is 1.04. The summed E-state index contributed by atoms with van der Waals surface area (Å²) in [5, 5.41) is 0. The third-order valence-corrected chi connectivity index (χ3v) is 3.68. The second-order valence-electron chi connectivity index (χ2n) is 4.55. The molecule has 3 unspecified atom stereocenters. The largest absolute Gasteiger partial charge is 0.0654 e. The molecule has 0 heterocycles. The summed E-state index contributed by atoms with van der Waals surface area (Å²) in [6.45, 7) is 7.07. The molecule has 0 bridgehead atoms. The molecule has 12 heavy (non-hydrogen) atoms. The molecule has 0 heteroatoms. The van der Waals surface area contributed by atoms with Gasteiger partial charge in [-0.15, -0.1) is 0 Å². The Labute approximate surface area is 77.7 Å². The Hall–Kier alpha value is 0. The zero-order valence-electron chi connectivity index (χ0n) is 8.97. The van der Waals surface area contributed by atoms with E-state index in [-0.39, 0.29) is 0 Å². The summed E-state index contributed by atoms with van der Waals surface area (Å²) in [5.74, 6) is 3.20. The maximum Gasteiger partial charge on any atom is -0.0383 e. The fraction of sp³-hybridized carbons (Fsp3) is 1.00. The lowest BCUT2D eigenvalue weighted by atomic mass is 9.62. The summed E-state index contributed by atoms with van der Waals surface area (Å²) < 4.78 is 0. The Morgan fingerprint density at radius 2 is 1.67 bits per heavy atom. The first kappa shape index (κ1) is 10.1. The van der Waals surface area contributed by atoms with Crippen LogP contribution in [-0.4, -0.2) is 0 Å². The van der Waals surface area contributed by atoms with E-state index in [1.807, 2.05) is 0 Å². The molecule has 0 N–H and O–H groups in total. The molecule has 0 radical (unpaired) electrons. The third-order valence-electron chi connectivity index (χ3n) is 3.68. The van der Waals surface area contributed by atoms with Gasteiger partial charge in [0.25, 0.3) is 0 Å². The van der Waals surface area contributed by atoms with Gasteiger partial charge in [-0.2, -0.15) is 0 Å². The van der Waals surface area contributed by atoms with Crippen molar-refractivity contribution in [2.24, 2.45) is 17.8 Å². The molecule has 1 fully saturated rings. The average Bonchev–Trinajstić information content (AvgIpc) is 2.09. The molecular weight excluding hydrogens is 144 g/mol. The standard InChI is InChI=1S/C12H24/c1-4-6-8-12-9-11(7-5-2)10(12)3/h10-12H,4-9H2,1-3H3. The molecule has 1 rings (SSSR count). The molecule has 0 aromatic rings. The van der Waals surface area contributed by atoms with Crippen molar-refractivity contribution in [2.45, 2.75) is 59.3 Å². The van der Waals surface area contributed by atoms with Crippen LogP contribution in [0.4, 0.5) is 0 Å². The minimum atomic E-state index is 1.04. The van der Waals surface area contributed by atoms with Gasteiger partial charge >= 0.3 is 0 Å². The van der Waals surface area contributed by atoms with E-state index in [9.17, 15) is 0 Å². The van der Waals surface area contributed by atoms with Crippen molar-refractivity contribution >= 4 is 0 Å². The van der Waals surface area contributed by atoms with Crippen LogP contribution in [0.25, 0.3) is 0 Å². The van der Waals surface area contributed by atoms with Crippen molar-refractivity contribution in [3.63, 3.8) is 0 Å². The summed E-state index contributed by atoms with van der Waals surface area (Å²) in [6, 6.07) is 0. The van der Waals surface area contributed by atoms with Gasteiger partial charge in [-0.25, -0.2) is 0 Å². The Kier molecular flexibility index (Phi) is 4.11. The van der Waals surface area contributed by atoms with Gasteiger partial charge in [0.2, 0.25) is 0 Å². The SMILES string of the molecule is CCCCC1CC(CCC)C1C. The van der Waals surface area contributed by atoms with E-state index >= 15 is 0 Å². The maximum absolute atomic E-state index is 2.46. The predicted octanol–water partition coefficient (Wildman–Crippen LogP) is 4.25. The molecule has 1 aliphatic rings. The van der Waals surface area contributed by atoms with Crippen LogP contribution in [-0.2, 0) is 0 Å². The van der Waals surface area contributed by atoms with Gasteiger partial charge in [-0.3, -0.25) is 0 Å². The lowest BCUT2D eigenvalue weighted by molar-refractivity contribution is 0.0704. The van der Waals surface area contributed by atoms with Gasteiger partial charge in [0.15, 0.2) is 0 Å². The number of unbranched alkanes of at least 4 members (excludes halogenated alkanes) is 1. The van der Waals surface area contributed by atoms with Crippen LogP contribution in [0.1, 0.15) is 59.3 Å². The highest BCUT2D eigenvalue weighted by molar-refractivity contribution is 4.85. The smallest absolute Gasteiger partial charge is 0.0383 e. The summed E-state index contributed by atoms with van der Waals surface area (Å²) in [4.78, 5) is 0. The maximum atomic E-state index is 2.46. The van der Waals surface area contributed by atoms with E-state index in [1.165, 1.54) is 38.5 Å². The van der Waals surface area contributed by atoms with Crippen molar-refractivity contribution in [1.82, 2.24) is 0 Å². The minimum Gasteiger partial charge on any atom is -0.0654 e. The Morgan fingerprint density at radius 1 is 1.00 bits per heavy atom. The first-order chi connectivity index (χ1) is 5.79. The summed E-state index contributed by atoms with van der Waals surface area (Å²) in [5.41, 5.74) is 0. The van der Waals surface area contributed by atoms with Crippen LogP contribution in [0, 0.1) is 17.8 Å². The van der Waals surface area contributed by atoms with Crippen molar-refractivity contribution in [1.29, 1.82) is 0 Å². The lowest BCUT2D eigenvalue weighted by Gasteiger charge is -2.43. The zero-order chi connectivity index (χ0) is 8.97. The molecule has 3 atom stereocenters. The zero-order valence-corrected chi connectivity index (χ0v) is 8.97. The van der Waals surface area contributed by atoms with Crippen molar-refractivity contribution in [3.05, 3.63) is 0 Å².